The summed E-state index contributed by atoms with van der Waals surface area (Å²) in [6, 6.07) is 29.5. The number of rotatable bonds is 16. The second-order valence-corrected chi connectivity index (χ2v) is 14.8. The van der Waals surface area contributed by atoms with Gasteiger partial charge < -0.3 is 24.9 Å². The topological polar surface area (TPSA) is 287 Å². The van der Waals surface area contributed by atoms with Crippen LogP contribution in [0.25, 0.3) is 21.8 Å². The molecule has 0 aliphatic carbocycles. The third-order valence-corrected chi connectivity index (χ3v) is 10.3. The van der Waals surface area contributed by atoms with Crippen LogP contribution in [-0.2, 0) is 58.1 Å². The van der Waals surface area contributed by atoms with E-state index < -0.39 is 47.2 Å². The van der Waals surface area contributed by atoms with Gasteiger partial charge in [0.25, 0.3) is 0 Å². The highest BCUT2D eigenvalue weighted by molar-refractivity contribution is 5.92. The van der Waals surface area contributed by atoms with Crippen molar-refractivity contribution in [3.8, 4) is 0 Å². The molecule has 0 aliphatic heterocycles. The molecule has 4 aromatic carbocycles. The molecule has 8 aromatic rings. The van der Waals surface area contributed by atoms with E-state index in [-0.39, 0.29) is 44.5 Å². The van der Waals surface area contributed by atoms with Gasteiger partial charge >= 0.3 is 34.7 Å². The van der Waals surface area contributed by atoms with Crippen molar-refractivity contribution in [2.45, 2.75) is 51.5 Å². The number of hydrogen-bond donors (Lipinski definition) is 6. The number of esters is 2. The van der Waals surface area contributed by atoms with E-state index >= 15 is 0 Å². The van der Waals surface area contributed by atoms with Gasteiger partial charge in [-0.1, -0.05) is 72.8 Å². The van der Waals surface area contributed by atoms with Crippen molar-refractivity contribution in [1.29, 1.82) is 0 Å². The van der Waals surface area contributed by atoms with Gasteiger partial charge in [-0.15, -0.1) is 0 Å². The molecule has 0 saturated carbocycles. The molecule has 0 saturated heterocycles. The molecule has 10 N–H and O–H groups in total. The number of carbonyl (C=O) groups is 2. The maximum Gasteiger partial charge on any atom is 0.347 e. The van der Waals surface area contributed by atoms with Crippen LogP contribution in [0.5, 0.6) is 0 Å². The molecule has 324 valence electrons. The summed E-state index contributed by atoms with van der Waals surface area (Å²) in [4.78, 5) is 82.8. The quantitative estimate of drug-likeness (QED) is 0.0460. The Balaban J connectivity index is 0.00000595. The number of aromatic amines is 4. The molecule has 19 nitrogen and oxygen atoms in total. The Kier molecular flexibility index (Phi) is 12.8. The average molecular weight is 857 g/mol. The number of fused-ring (bicyclic) bond motifs is 2. The number of hydrogen-bond acceptors (Lipinski definition) is 10. The minimum atomic E-state index is -1.07. The number of nitrogens with zero attached hydrogens (tertiary/aromatic N) is 4. The molecule has 0 bridgehead atoms. The lowest BCUT2D eigenvalue weighted by Crippen LogP contribution is -2.30. The summed E-state index contributed by atoms with van der Waals surface area (Å²) >= 11 is 0. The largest absolute Gasteiger partial charge is 0.443 e. The summed E-state index contributed by atoms with van der Waals surface area (Å²) in [6.45, 7) is 0.514. The highest BCUT2D eigenvalue weighted by Crippen LogP contribution is 2.23. The van der Waals surface area contributed by atoms with E-state index in [1.807, 2.05) is 97.1 Å². The van der Waals surface area contributed by atoms with Crippen LogP contribution in [0.15, 0.2) is 141 Å². The number of nitrogens with two attached hydrogens (primary N) is 2. The maximum atomic E-state index is 13.1. The van der Waals surface area contributed by atoms with Crippen molar-refractivity contribution in [2.75, 3.05) is 0 Å². The van der Waals surface area contributed by atoms with Crippen LogP contribution in [0.1, 0.15) is 33.4 Å². The highest BCUT2D eigenvalue weighted by atomic mass is 16.6. The molecule has 4 heterocycles. The summed E-state index contributed by atoms with van der Waals surface area (Å²) in [5.41, 5.74) is 16.6. The van der Waals surface area contributed by atoms with Crippen molar-refractivity contribution in [1.82, 2.24) is 38.7 Å². The van der Waals surface area contributed by atoms with E-state index in [0.29, 0.717) is 0 Å². The number of carbonyl (C=O) groups excluding carboxylic acids is 2. The second kappa shape index (κ2) is 18.7. The van der Waals surface area contributed by atoms with Crippen molar-refractivity contribution in [3.05, 3.63) is 197 Å². The smallest absolute Gasteiger partial charge is 0.347 e. The standard InChI is InChI=1S/C44H42N10O8.H2O/c45-37(19-31-21-47-35-13-11-29(17-33(31)35)25-53-43(59)51(41(57)49-53)23-27-7-3-1-4-8-27)61-39(55)15-16-40(56)62-38(46)20-32-22-48-36-14-12-30(18-34(32)36)26-54-44(60)52(42(58)50-54)24-28-9-5-2-6-10-28;/h1-18,21-22,37-38,47-48H,19-20,23-26,45-46H2,(H,49,57)(H,50,58);1H2/b16-15-;. The van der Waals surface area contributed by atoms with Crippen molar-refractivity contribution in [2.24, 2.45) is 11.5 Å². The monoisotopic (exact) mass is 856 g/mol. The summed E-state index contributed by atoms with van der Waals surface area (Å²) in [5, 5.41) is 6.80. The SMILES string of the molecule is NC(Cc1c[nH]c2ccc(Cn3[nH]c(=O)n(Cc4ccccc4)c3=O)cc12)OC(=O)/C=C\C(=O)OC(N)Cc1c[nH]c2ccc(Cn3[nH]c(=O)n(Cc4ccccc4)c3=O)cc12.O. The average Bonchev–Trinajstić information content (AvgIpc) is 3.99. The van der Waals surface area contributed by atoms with Crippen LogP contribution < -0.4 is 34.2 Å². The van der Waals surface area contributed by atoms with Gasteiger partial charge in [0, 0.05) is 59.2 Å². The first-order valence-electron chi connectivity index (χ1n) is 19.6. The first-order valence-corrected chi connectivity index (χ1v) is 19.6. The van der Waals surface area contributed by atoms with Crippen molar-refractivity contribution >= 4 is 33.7 Å². The Morgan fingerprint density at radius 2 is 0.952 bits per heavy atom. The molecular weight excluding hydrogens is 813 g/mol. The molecule has 0 fully saturated rings. The van der Waals surface area contributed by atoms with Gasteiger partial charge in [0.05, 0.1) is 26.2 Å². The van der Waals surface area contributed by atoms with Gasteiger partial charge in [-0.05, 0) is 57.6 Å². The van der Waals surface area contributed by atoms with E-state index in [2.05, 4.69) is 20.2 Å². The number of ether oxygens (including phenoxy) is 2. The van der Waals surface area contributed by atoms with E-state index in [9.17, 15) is 28.8 Å². The zero-order valence-electron chi connectivity index (χ0n) is 33.7. The molecule has 8 rings (SSSR count). The zero-order chi connectivity index (χ0) is 43.3. The highest BCUT2D eigenvalue weighted by Gasteiger charge is 2.17. The number of aromatic nitrogens is 8. The summed E-state index contributed by atoms with van der Waals surface area (Å²) < 4.78 is 15.4. The lowest BCUT2D eigenvalue weighted by Gasteiger charge is -2.12. The second-order valence-electron chi connectivity index (χ2n) is 14.8. The van der Waals surface area contributed by atoms with E-state index in [0.717, 1.165) is 76.5 Å². The van der Waals surface area contributed by atoms with Gasteiger partial charge in [-0.2, -0.15) is 0 Å². The Bertz CT molecular complexity index is 2950. The first-order chi connectivity index (χ1) is 30.0. The maximum absolute atomic E-state index is 13.1. The fraction of sp³-hybridized carbons (Fsp3) is 0.182. The number of H-pyrrole nitrogens is 4. The van der Waals surface area contributed by atoms with Crippen LogP contribution in [0.2, 0.25) is 0 Å². The van der Waals surface area contributed by atoms with E-state index in [1.165, 1.54) is 9.36 Å². The minimum Gasteiger partial charge on any atom is -0.443 e. The van der Waals surface area contributed by atoms with Gasteiger partial charge in [0.1, 0.15) is 0 Å². The lowest BCUT2D eigenvalue weighted by atomic mass is 10.1. The Labute approximate surface area is 356 Å². The van der Waals surface area contributed by atoms with Gasteiger partial charge in [0.15, 0.2) is 12.5 Å². The third-order valence-electron chi connectivity index (χ3n) is 10.3. The van der Waals surface area contributed by atoms with Crippen LogP contribution in [0, 0.1) is 0 Å². The van der Waals surface area contributed by atoms with Gasteiger partial charge in [-0.3, -0.25) is 11.5 Å². The van der Waals surface area contributed by atoms with Crippen LogP contribution in [-0.4, -0.2) is 68.5 Å². The van der Waals surface area contributed by atoms with Gasteiger partial charge in [-0.25, -0.2) is 57.5 Å². The molecule has 0 amide bonds. The Morgan fingerprint density at radius 1 is 0.556 bits per heavy atom. The predicted molar refractivity (Wildman–Crippen MR) is 233 cm³/mol. The molecule has 2 atom stereocenters. The molecule has 19 heteroatoms. The summed E-state index contributed by atoms with van der Waals surface area (Å²) in [7, 11) is 0. The van der Waals surface area contributed by atoms with Crippen LogP contribution in [0.3, 0.4) is 0 Å². The van der Waals surface area contributed by atoms with Gasteiger partial charge in [0.2, 0.25) is 0 Å². The van der Waals surface area contributed by atoms with Crippen LogP contribution >= 0.6 is 0 Å². The number of benzene rings is 4. The molecule has 2 unspecified atom stereocenters. The fourth-order valence-electron chi connectivity index (χ4n) is 7.32. The normalized spacial score (nSPS) is 12.4. The molecule has 4 aromatic heterocycles. The minimum absolute atomic E-state index is 0. The number of nitrogens with one attached hydrogen (secondary N) is 4. The summed E-state index contributed by atoms with van der Waals surface area (Å²) in [5.74, 6) is -1.74. The predicted octanol–water partition coefficient (Wildman–Crippen LogP) is 1.32. The fourth-order valence-corrected chi connectivity index (χ4v) is 7.32. The first kappa shape index (κ1) is 43.1. The molecule has 0 spiro atoms. The van der Waals surface area contributed by atoms with E-state index in [4.69, 9.17) is 20.9 Å². The Hall–Kier alpha value is -8.00. The Morgan fingerprint density at radius 3 is 1.35 bits per heavy atom. The molecule has 0 radical (unpaired) electrons. The van der Waals surface area contributed by atoms with Crippen molar-refractivity contribution in [3.63, 3.8) is 0 Å². The zero-order valence-corrected chi connectivity index (χ0v) is 33.7. The molecule has 0 aliphatic rings. The van der Waals surface area contributed by atoms with Crippen LogP contribution in [0.4, 0.5) is 0 Å². The lowest BCUT2D eigenvalue weighted by molar-refractivity contribution is -0.145. The summed E-state index contributed by atoms with van der Waals surface area (Å²) in [6.07, 6.45) is 3.41. The molecule has 63 heavy (non-hydrogen) atoms. The molecular formula is C44H44N10O9. The third kappa shape index (κ3) is 9.97. The van der Waals surface area contributed by atoms with Crippen molar-refractivity contribution < 1.29 is 24.5 Å². The van der Waals surface area contributed by atoms with E-state index in [1.54, 1.807) is 12.4 Å².